The molecule has 0 amide bonds. The number of fused-ring (bicyclic) bond motifs is 1. The van der Waals surface area contributed by atoms with Gasteiger partial charge in [-0.15, -0.1) is 0 Å². The van der Waals surface area contributed by atoms with Crippen LogP contribution in [0.3, 0.4) is 0 Å². The van der Waals surface area contributed by atoms with E-state index in [4.69, 9.17) is 14.8 Å². The zero-order chi connectivity index (χ0) is 25.9. The first-order valence-corrected chi connectivity index (χ1v) is 14.3. The summed E-state index contributed by atoms with van der Waals surface area (Å²) in [5.74, 6) is 2.62. The van der Waals surface area contributed by atoms with Crippen LogP contribution in [0.2, 0.25) is 0 Å². The number of ether oxygens (including phenoxy) is 1. The van der Waals surface area contributed by atoms with Crippen LogP contribution in [-0.2, 0) is 0 Å². The Kier molecular flexibility index (Phi) is 7.16. The fourth-order valence-electron chi connectivity index (χ4n) is 5.67. The fraction of sp³-hybridized carbons (Fsp3) is 0.452. The van der Waals surface area contributed by atoms with Crippen LogP contribution in [0.4, 0.5) is 11.8 Å². The van der Waals surface area contributed by atoms with E-state index in [9.17, 15) is 0 Å². The van der Waals surface area contributed by atoms with E-state index in [1.807, 2.05) is 24.4 Å². The van der Waals surface area contributed by atoms with Gasteiger partial charge >= 0.3 is 0 Å². The molecule has 2 fully saturated rings. The molecule has 6 rings (SSSR count). The molecule has 2 N–H and O–H groups in total. The van der Waals surface area contributed by atoms with Crippen molar-refractivity contribution in [2.24, 2.45) is 0 Å². The number of pyridine rings is 1. The van der Waals surface area contributed by atoms with E-state index in [-0.39, 0.29) is 6.10 Å². The van der Waals surface area contributed by atoms with Gasteiger partial charge in [-0.1, -0.05) is 32.6 Å². The van der Waals surface area contributed by atoms with Crippen molar-refractivity contribution in [2.75, 3.05) is 10.6 Å². The van der Waals surface area contributed by atoms with Crippen molar-refractivity contribution in [3.8, 4) is 28.3 Å². The van der Waals surface area contributed by atoms with Gasteiger partial charge in [-0.05, 0) is 87.6 Å². The quantitative estimate of drug-likeness (QED) is 0.245. The van der Waals surface area contributed by atoms with Crippen LogP contribution in [0.5, 0.6) is 5.75 Å². The fourth-order valence-corrected chi connectivity index (χ4v) is 5.67. The van der Waals surface area contributed by atoms with Gasteiger partial charge < -0.3 is 15.4 Å². The highest BCUT2D eigenvalue weighted by Gasteiger charge is 2.20. The third kappa shape index (κ3) is 5.33. The molecule has 0 bridgehead atoms. The first-order chi connectivity index (χ1) is 18.7. The molecule has 0 saturated heterocycles. The SMILES string of the molecule is CCC(C)Oc1ccc(-c2cc3c(-c4ccnc(NC5CCCC5)n4)ccc(NC4CCCC4)n3n2)cc1. The molecular formula is C31H38N6O. The van der Waals surface area contributed by atoms with Crippen molar-refractivity contribution in [3.63, 3.8) is 0 Å². The molecule has 0 radical (unpaired) electrons. The number of nitrogens with zero attached hydrogens (tertiary/aromatic N) is 4. The van der Waals surface area contributed by atoms with Crippen molar-refractivity contribution in [3.05, 3.63) is 54.7 Å². The molecule has 3 heterocycles. The number of hydrogen-bond donors (Lipinski definition) is 2. The summed E-state index contributed by atoms with van der Waals surface area (Å²) in [6.45, 7) is 4.23. The molecule has 7 heteroatoms. The average molecular weight is 511 g/mol. The Bertz CT molecular complexity index is 1370. The van der Waals surface area contributed by atoms with Gasteiger partial charge in [-0.2, -0.15) is 5.10 Å². The van der Waals surface area contributed by atoms with Crippen LogP contribution >= 0.6 is 0 Å². The van der Waals surface area contributed by atoms with E-state index in [0.29, 0.717) is 18.0 Å². The lowest BCUT2D eigenvalue weighted by molar-refractivity contribution is 0.217. The highest BCUT2D eigenvalue weighted by molar-refractivity contribution is 5.83. The molecule has 2 aliphatic rings. The molecule has 0 spiro atoms. The molecule has 3 aromatic heterocycles. The predicted octanol–water partition coefficient (Wildman–Crippen LogP) is 7.34. The molecule has 0 aliphatic heterocycles. The van der Waals surface area contributed by atoms with Crippen LogP contribution in [0, 0.1) is 0 Å². The summed E-state index contributed by atoms with van der Waals surface area (Å²) < 4.78 is 8.04. The van der Waals surface area contributed by atoms with Crippen LogP contribution in [-0.4, -0.2) is 37.8 Å². The van der Waals surface area contributed by atoms with Crippen molar-refractivity contribution >= 4 is 17.3 Å². The Balaban J connectivity index is 1.36. The standard InChI is InChI=1S/C31H38N6O/c1-3-21(2)38-25-14-12-22(13-15-25)28-20-29-26(16-17-30(37(29)36-28)33-23-8-4-5-9-23)27-18-19-32-31(35-27)34-24-10-6-7-11-24/h12-21,23-24,33H,3-11H2,1-2H3,(H,32,34,35). The predicted molar refractivity (Wildman–Crippen MR) is 154 cm³/mol. The molecule has 1 atom stereocenters. The zero-order valence-corrected chi connectivity index (χ0v) is 22.5. The monoisotopic (exact) mass is 510 g/mol. The minimum absolute atomic E-state index is 0.198. The summed E-state index contributed by atoms with van der Waals surface area (Å²) >= 11 is 0. The second-order valence-corrected chi connectivity index (χ2v) is 10.8. The van der Waals surface area contributed by atoms with Gasteiger partial charge in [-0.25, -0.2) is 14.5 Å². The lowest BCUT2D eigenvalue weighted by Gasteiger charge is -2.16. The van der Waals surface area contributed by atoms with Crippen LogP contribution in [0.25, 0.3) is 28.0 Å². The molecule has 1 aromatic carbocycles. The molecule has 1 unspecified atom stereocenters. The first-order valence-electron chi connectivity index (χ1n) is 14.3. The van der Waals surface area contributed by atoms with E-state index in [1.54, 1.807) is 0 Å². The van der Waals surface area contributed by atoms with Crippen LogP contribution in [0.1, 0.15) is 71.6 Å². The molecule has 2 saturated carbocycles. The summed E-state index contributed by atoms with van der Waals surface area (Å²) in [4.78, 5) is 9.43. The average Bonchev–Trinajstić information content (AvgIpc) is 3.72. The molecular weight excluding hydrogens is 472 g/mol. The molecule has 2 aliphatic carbocycles. The minimum Gasteiger partial charge on any atom is -0.491 e. The summed E-state index contributed by atoms with van der Waals surface area (Å²) in [6, 6.07) is 17.7. The van der Waals surface area contributed by atoms with Gasteiger partial charge in [0.1, 0.15) is 11.6 Å². The number of aromatic nitrogens is 4. The molecule has 4 aromatic rings. The maximum absolute atomic E-state index is 5.99. The van der Waals surface area contributed by atoms with Crippen LogP contribution < -0.4 is 15.4 Å². The zero-order valence-electron chi connectivity index (χ0n) is 22.5. The van der Waals surface area contributed by atoms with Gasteiger partial charge in [0.15, 0.2) is 0 Å². The van der Waals surface area contributed by atoms with E-state index in [2.05, 4.69) is 64.3 Å². The maximum atomic E-state index is 5.99. The lowest BCUT2D eigenvalue weighted by Crippen LogP contribution is -2.17. The number of anilines is 2. The highest BCUT2D eigenvalue weighted by Crippen LogP contribution is 2.32. The summed E-state index contributed by atoms with van der Waals surface area (Å²) in [5, 5.41) is 12.4. The lowest BCUT2D eigenvalue weighted by atomic mass is 10.1. The van der Waals surface area contributed by atoms with Crippen molar-refractivity contribution in [2.45, 2.75) is 89.8 Å². The summed E-state index contributed by atoms with van der Waals surface area (Å²) in [6.07, 6.45) is 12.9. The Hall–Kier alpha value is -3.61. The number of nitrogens with one attached hydrogen (secondary N) is 2. The van der Waals surface area contributed by atoms with Gasteiger partial charge in [-0.3, -0.25) is 0 Å². The number of rotatable bonds is 9. The molecule has 7 nitrogen and oxygen atoms in total. The van der Waals surface area contributed by atoms with Gasteiger partial charge in [0.05, 0.1) is 23.0 Å². The third-order valence-electron chi connectivity index (χ3n) is 8.01. The van der Waals surface area contributed by atoms with E-state index in [1.165, 1.54) is 51.4 Å². The maximum Gasteiger partial charge on any atom is 0.223 e. The van der Waals surface area contributed by atoms with Gasteiger partial charge in [0, 0.05) is 29.4 Å². The number of hydrogen-bond acceptors (Lipinski definition) is 6. The van der Waals surface area contributed by atoms with E-state index in [0.717, 1.165) is 46.0 Å². The molecule has 38 heavy (non-hydrogen) atoms. The number of benzene rings is 1. The Morgan fingerprint density at radius 1 is 0.895 bits per heavy atom. The largest absolute Gasteiger partial charge is 0.491 e. The van der Waals surface area contributed by atoms with Crippen LogP contribution in [0.15, 0.2) is 54.7 Å². The minimum atomic E-state index is 0.198. The van der Waals surface area contributed by atoms with Crippen molar-refractivity contribution in [1.82, 2.24) is 19.6 Å². The second-order valence-electron chi connectivity index (χ2n) is 10.8. The Morgan fingerprint density at radius 3 is 2.32 bits per heavy atom. The van der Waals surface area contributed by atoms with E-state index < -0.39 is 0 Å². The third-order valence-corrected chi connectivity index (χ3v) is 8.01. The van der Waals surface area contributed by atoms with E-state index >= 15 is 0 Å². The van der Waals surface area contributed by atoms with Crippen molar-refractivity contribution < 1.29 is 4.74 Å². The normalized spacial score (nSPS) is 17.2. The topological polar surface area (TPSA) is 76.4 Å². The van der Waals surface area contributed by atoms with Gasteiger partial charge in [0.25, 0.3) is 0 Å². The van der Waals surface area contributed by atoms with Gasteiger partial charge in [0.2, 0.25) is 5.95 Å². The summed E-state index contributed by atoms with van der Waals surface area (Å²) in [5.41, 5.74) is 4.99. The Morgan fingerprint density at radius 2 is 1.61 bits per heavy atom. The smallest absolute Gasteiger partial charge is 0.223 e. The highest BCUT2D eigenvalue weighted by atomic mass is 16.5. The Labute approximate surface area is 225 Å². The van der Waals surface area contributed by atoms with Crippen molar-refractivity contribution in [1.29, 1.82) is 0 Å². The first kappa shape index (κ1) is 24.7. The second kappa shape index (κ2) is 11.0. The molecule has 198 valence electrons. The summed E-state index contributed by atoms with van der Waals surface area (Å²) in [7, 11) is 0.